The van der Waals surface area contributed by atoms with Crippen molar-refractivity contribution in [2.45, 2.75) is 65.2 Å². The third kappa shape index (κ3) is 3.58. The van der Waals surface area contributed by atoms with Crippen LogP contribution in [0.4, 0.5) is 0 Å². The van der Waals surface area contributed by atoms with Gasteiger partial charge in [-0.05, 0) is 77.5 Å². The number of benzene rings is 2. The van der Waals surface area contributed by atoms with Crippen molar-refractivity contribution in [1.82, 2.24) is 0 Å². The topological polar surface area (TPSA) is 9.23 Å². The lowest BCUT2D eigenvalue weighted by molar-refractivity contribution is 0.331. The minimum absolute atomic E-state index is 0.218. The van der Waals surface area contributed by atoms with Crippen LogP contribution in [-0.4, -0.2) is 6.61 Å². The second-order valence-electron chi connectivity index (χ2n) is 8.83. The Bertz CT molecular complexity index is 807. The zero-order valence-corrected chi connectivity index (χ0v) is 17.1. The number of hydrogen-bond donors (Lipinski definition) is 0. The van der Waals surface area contributed by atoms with Gasteiger partial charge in [0.05, 0.1) is 6.61 Å². The molecule has 0 aliphatic heterocycles. The van der Waals surface area contributed by atoms with E-state index in [9.17, 15) is 0 Å². The molecule has 1 aliphatic rings. The molecule has 1 heteroatoms. The van der Waals surface area contributed by atoms with Gasteiger partial charge < -0.3 is 4.74 Å². The van der Waals surface area contributed by atoms with Gasteiger partial charge in [-0.25, -0.2) is 0 Å². The number of hydrogen-bond acceptors (Lipinski definition) is 1. The smallest absolute Gasteiger partial charge is 0.119 e. The summed E-state index contributed by atoms with van der Waals surface area (Å²) < 4.78 is 5.55. The normalized spacial score (nSPS) is 18.3. The average molecular weight is 349 g/mol. The second-order valence-corrected chi connectivity index (χ2v) is 8.83. The second kappa shape index (κ2) is 6.95. The quantitative estimate of drug-likeness (QED) is 0.541. The molecule has 3 rings (SSSR count). The molecule has 0 N–H and O–H groups in total. The van der Waals surface area contributed by atoms with Crippen molar-refractivity contribution in [3.63, 3.8) is 0 Å². The van der Waals surface area contributed by atoms with E-state index in [4.69, 9.17) is 4.74 Å². The highest BCUT2D eigenvalue weighted by Gasteiger charge is 2.38. The van der Waals surface area contributed by atoms with Crippen LogP contribution in [0.2, 0.25) is 0 Å². The number of ether oxygens (including phenoxy) is 1. The van der Waals surface area contributed by atoms with Crippen molar-refractivity contribution in [3.8, 4) is 5.75 Å². The summed E-state index contributed by atoms with van der Waals surface area (Å²) in [5.74, 6) is 0.933. The van der Waals surface area contributed by atoms with Gasteiger partial charge in [0, 0.05) is 0 Å². The molecule has 0 heterocycles. The van der Waals surface area contributed by atoms with Crippen LogP contribution in [0, 0.1) is 0 Å². The van der Waals surface area contributed by atoms with Crippen LogP contribution in [0.25, 0.3) is 11.6 Å². The van der Waals surface area contributed by atoms with Crippen LogP contribution in [0.1, 0.15) is 76.6 Å². The molecule has 0 spiro atoms. The maximum atomic E-state index is 5.55. The van der Waals surface area contributed by atoms with E-state index in [1.165, 1.54) is 40.7 Å². The summed E-state index contributed by atoms with van der Waals surface area (Å²) in [4.78, 5) is 0. The molecule has 0 fully saturated rings. The molecule has 1 nitrogen and oxygen atoms in total. The van der Waals surface area contributed by atoms with E-state index in [-0.39, 0.29) is 10.8 Å². The molecule has 0 saturated carbocycles. The summed E-state index contributed by atoms with van der Waals surface area (Å²) in [6.07, 6.45) is 4.78. The standard InChI is InChI=1S/C25H32O/c1-7-26-20-13-11-19(12-14-20)17-18(2)21-9-8-10-22-23(21)25(5,6)16-15-24(22,3)4/h8-14,17H,7,15-16H2,1-6H3. The van der Waals surface area contributed by atoms with Crippen LogP contribution in [-0.2, 0) is 10.8 Å². The van der Waals surface area contributed by atoms with Gasteiger partial charge in [-0.1, -0.05) is 64.1 Å². The van der Waals surface area contributed by atoms with Crippen LogP contribution in [0.15, 0.2) is 42.5 Å². The van der Waals surface area contributed by atoms with Gasteiger partial charge in [0.2, 0.25) is 0 Å². The highest BCUT2D eigenvalue weighted by atomic mass is 16.5. The molecule has 138 valence electrons. The minimum atomic E-state index is 0.218. The molecule has 0 aromatic heterocycles. The van der Waals surface area contributed by atoms with Crippen LogP contribution in [0.5, 0.6) is 5.75 Å². The first-order chi connectivity index (χ1) is 12.2. The maximum absolute atomic E-state index is 5.55. The molecule has 1 aliphatic carbocycles. The lowest BCUT2D eigenvalue weighted by Gasteiger charge is -2.43. The van der Waals surface area contributed by atoms with Gasteiger partial charge in [0.25, 0.3) is 0 Å². The third-order valence-electron chi connectivity index (χ3n) is 5.84. The Morgan fingerprint density at radius 1 is 0.962 bits per heavy atom. The number of allylic oxidation sites excluding steroid dienone is 1. The van der Waals surface area contributed by atoms with E-state index in [1.54, 1.807) is 0 Å². The summed E-state index contributed by atoms with van der Waals surface area (Å²) in [7, 11) is 0. The van der Waals surface area contributed by atoms with Crippen molar-refractivity contribution in [2.75, 3.05) is 6.61 Å². The SMILES string of the molecule is CCOc1ccc(C=C(C)c2cccc3c2C(C)(C)CCC3(C)C)cc1. The fourth-order valence-electron chi connectivity index (χ4n) is 4.21. The molecule has 0 atom stereocenters. The lowest BCUT2D eigenvalue weighted by atomic mass is 9.61. The minimum Gasteiger partial charge on any atom is -0.494 e. The Balaban J connectivity index is 2.04. The largest absolute Gasteiger partial charge is 0.494 e. The lowest BCUT2D eigenvalue weighted by Crippen LogP contribution is -2.34. The van der Waals surface area contributed by atoms with Crippen molar-refractivity contribution in [1.29, 1.82) is 0 Å². The Labute approximate surface area is 159 Å². The Morgan fingerprint density at radius 2 is 1.62 bits per heavy atom. The molecular weight excluding hydrogens is 316 g/mol. The zero-order chi connectivity index (χ0) is 18.9. The molecule has 0 radical (unpaired) electrons. The molecule has 2 aromatic rings. The molecule has 0 saturated heterocycles. The van der Waals surface area contributed by atoms with Gasteiger partial charge in [-0.3, -0.25) is 0 Å². The summed E-state index contributed by atoms with van der Waals surface area (Å²) in [6, 6.07) is 15.2. The fraction of sp³-hybridized carbons (Fsp3) is 0.440. The predicted molar refractivity (Wildman–Crippen MR) is 113 cm³/mol. The molecule has 0 bridgehead atoms. The van der Waals surface area contributed by atoms with Gasteiger partial charge in [-0.15, -0.1) is 0 Å². The monoisotopic (exact) mass is 348 g/mol. The summed E-state index contributed by atoms with van der Waals surface area (Å²) in [5.41, 5.74) is 7.47. The van der Waals surface area contributed by atoms with Crippen LogP contribution < -0.4 is 4.74 Å². The molecule has 2 aromatic carbocycles. The van der Waals surface area contributed by atoms with Gasteiger partial charge in [-0.2, -0.15) is 0 Å². The van der Waals surface area contributed by atoms with E-state index >= 15 is 0 Å². The zero-order valence-electron chi connectivity index (χ0n) is 17.1. The van der Waals surface area contributed by atoms with Crippen molar-refractivity contribution in [3.05, 3.63) is 64.7 Å². The van der Waals surface area contributed by atoms with Crippen molar-refractivity contribution in [2.24, 2.45) is 0 Å². The molecule has 26 heavy (non-hydrogen) atoms. The maximum Gasteiger partial charge on any atom is 0.119 e. The molecular formula is C25H32O. The van der Waals surface area contributed by atoms with E-state index in [1.807, 2.05) is 6.92 Å². The third-order valence-corrected chi connectivity index (χ3v) is 5.84. The highest BCUT2D eigenvalue weighted by molar-refractivity contribution is 5.83. The fourth-order valence-corrected chi connectivity index (χ4v) is 4.21. The molecule has 0 amide bonds. The average Bonchev–Trinajstić information content (AvgIpc) is 2.60. The van der Waals surface area contributed by atoms with Crippen LogP contribution in [0.3, 0.4) is 0 Å². The summed E-state index contributed by atoms with van der Waals surface area (Å²) >= 11 is 0. The predicted octanol–water partition coefficient (Wildman–Crippen LogP) is 6.99. The van der Waals surface area contributed by atoms with E-state index < -0.39 is 0 Å². The van der Waals surface area contributed by atoms with Gasteiger partial charge in [0.1, 0.15) is 5.75 Å². The van der Waals surface area contributed by atoms with Crippen molar-refractivity contribution < 1.29 is 4.74 Å². The van der Waals surface area contributed by atoms with Crippen molar-refractivity contribution >= 4 is 11.6 Å². The summed E-state index contributed by atoms with van der Waals surface area (Å²) in [6.45, 7) is 14.5. The first-order valence-electron chi connectivity index (χ1n) is 9.80. The van der Waals surface area contributed by atoms with E-state index in [0.29, 0.717) is 6.61 Å². The number of fused-ring (bicyclic) bond motifs is 1. The first-order valence-corrected chi connectivity index (χ1v) is 9.80. The number of rotatable bonds is 4. The molecule has 0 unspecified atom stereocenters. The Morgan fingerprint density at radius 3 is 2.27 bits per heavy atom. The first kappa shape index (κ1) is 18.8. The summed E-state index contributed by atoms with van der Waals surface area (Å²) in [5, 5.41) is 0. The van der Waals surface area contributed by atoms with Gasteiger partial charge >= 0.3 is 0 Å². The Hall–Kier alpha value is -2.02. The Kier molecular flexibility index (Phi) is 5.01. The van der Waals surface area contributed by atoms with Gasteiger partial charge in [0.15, 0.2) is 0 Å². The van der Waals surface area contributed by atoms with E-state index in [0.717, 1.165) is 5.75 Å². The van der Waals surface area contributed by atoms with Crippen LogP contribution >= 0.6 is 0 Å². The van der Waals surface area contributed by atoms with E-state index in [2.05, 4.69) is 83.2 Å². The highest BCUT2D eigenvalue weighted by Crippen LogP contribution is 2.48.